The van der Waals surface area contributed by atoms with Gasteiger partial charge >= 0.3 is 0 Å². The van der Waals surface area contributed by atoms with Gasteiger partial charge in [-0.25, -0.2) is 4.39 Å². The molecule has 0 unspecified atom stereocenters. The van der Waals surface area contributed by atoms with E-state index in [1.54, 1.807) is 6.07 Å². The lowest BCUT2D eigenvalue weighted by Crippen LogP contribution is -2.49. The molecular weight excluding hydrogens is 381 g/mol. The van der Waals surface area contributed by atoms with Crippen LogP contribution in [0, 0.1) is 17.7 Å². The van der Waals surface area contributed by atoms with Crippen LogP contribution in [0.25, 0.3) is 0 Å². The Hall–Kier alpha value is -1.99. The van der Waals surface area contributed by atoms with Gasteiger partial charge in [-0.05, 0) is 36.3 Å². The molecule has 0 saturated carbocycles. The Kier molecular flexibility index (Phi) is 7.00. The first kappa shape index (κ1) is 21.2. The van der Waals surface area contributed by atoms with Crippen molar-refractivity contribution in [3.8, 4) is 0 Å². The largest absolute Gasteiger partial charge is 0.381 e. The standard InChI is InChI=1S/C23H34FN5O/c1-18(2)16-29-22(15-20-5-3-4-6-21(20)24)25-26-23(29)28-11-9-27(10-12-28)17-19-7-13-30-14-8-19/h3-6,18-19H,7-17H2,1-2H3. The third kappa shape index (κ3) is 5.19. The zero-order valence-corrected chi connectivity index (χ0v) is 18.3. The summed E-state index contributed by atoms with van der Waals surface area (Å²) in [6.07, 6.45) is 2.83. The number of ether oxygens (including phenoxy) is 1. The van der Waals surface area contributed by atoms with Gasteiger partial charge in [0, 0.05) is 58.9 Å². The van der Waals surface area contributed by atoms with E-state index in [0.717, 1.165) is 63.6 Å². The highest BCUT2D eigenvalue weighted by atomic mass is 19.1. The lowest BCUT2D eigenvalue weighted by Gasteiger charge is -2.37. The van der Waals surface area contributed by atoms with Gasteiger partial charge in [0.25, 0.3) is 0 Å². The summed E-state index contributed by atoms with van der Waals surface area (Å²) in [6.45, 7) is 12.2. The fourth-order valence-corrected chi connectivity index (χ4v) is 4.48. The first-order valence-corrected chi connectivity index (χ1v) is 11.3. The summed E-state index contributed by atoms with van der Waals surface area (Å²) in [7, 11) is 0. The first-order chi connectivity index (χ1) is 14.6. The smallest absolute Gasteiger partial charge is 0.227 e. The van der Waals surface area contributed by atoms with Crippen LogP contribution >= 0.6 is 0 Å². The summed E-state index contributed by atoms with van der Waals surface area (Å²) in [4.78, 5) is 4.93. The van der Waals surface area contributed by atoms with E-state index < -0.39 is 0 Å². The Labute approximate surface area is 179 Å². The maximum atomic E-state index is 14.2. The van der Waals surface area contributed by atoms with Gasteiger partial charge in [0.15, 0.2) is 0 Å². The lowest BCUT2D eigenvalue weighted by atomic mass is 9.99. The lowest BCUT2D eigenvalue weighted by molar-refractivity contribution is 0.0517. The minimum absolute atomic E-state index is 0.181. The predicted molar refractivity (Wildman–Crippen MR) is 116 cm³/mol. The van der Waals surface area contributed by atoms with Crippen LogP contribution in [0.4, 0.5) is 10.3 Å². The molecule has 4 rings (SSSR count). The van der Waals surface area contributed by atoms with E-state index in [0.29, 0.717) is 17.9 Å². The number of benzene rings is 1. The average molecular weight is 416 g/mol. The maximum Gasteiger partial charge on any atom is 0.227 e. The molecule has 0 aliphatic carbocycles. The third-order valence-corrected chi connectivity index (χ3v) is 6.17. The van der Waals surface area contributed by atoms with E-state index in [9.17, 15) is 4.39 Å². The molecule has 3 heterocycles. The molecule has 2 aromatic rings. The van der Waals surface area contributed by atoms with Crippen molar-refractivity contribution < 1.29 is 9.13 Å². The molecule has 1 aromatic carbocycles. The highest BCUT2D eigenvalue weighted by Crippen LogP contribution is 2.22. The van der Waals surface area contributed by atoms with Crippen LogP contribution in [-0.4, -0.2) is 65.6 Å². The van der Waals surface area contributed by atoms with Crippen LogP contribution in [0.5, 0.6) is 0 Å². The number of halogens is 1. The number of rotatable bonds is 7. The zero-order valence-electron chi connectivity index (χ0n) is 18.3. The van der Waals surface area contributed by atoms with E-state index in [4.69, 9.17) is 4.74 Å². The highest BCUT2D eigenvalue weighted by Gasteiger charge is 2.25. The molecule has 30 heavy (non-hydrogen) atoms. The molecule has 7 heteroatoms. The number of aromatic nitrogens is 3. The Balaban J connectivity index is 1.43. The normalized spacial score (nSPS) is 19.0. The summed E-state index contributed by atoms with van der Waals surface area (Å²) >= 11 is 0. The van der Waals surface area contributed by atoms with E-state index in [-0.39, 0.29) is 5.82 Å². The fraction of sp³-hybridized carbons (Fsp3) is 0.652. The Morgan fingerprint density at radius 2 is 1.80 bits per heavy atom. The molecule has 1 aromatic heterocycles. The van der Waals surface area contributed by atoms with E-state index in [1.807, 2.05) is 12.1 Å². The van der Waals surface area contributed by atoms with Crippen molar-refractivity contribution in [2.45, 2.75) is 39.7 Å². The van der Waals surface area contributed by atoms with E-state index in [1.165, 1.54) is 25.5 Å². The molecule has 0 spiro atoms. The second kappa shape index (κ2) is 9.88. The zero-order chi connectivity index (χ0) is 20.9. The molecule has 0 radical (unpaired) electrons. The van der Waals surface area contributed by atoms with E-state index >= 15 is 0 Å². The SMILES string of the molecule is CC(C)Cn1c(Cc2ccccc2F)nnc1N1CCN(CC2CCOCC2)CC1. The van der Waals surface area contributed by atoms with Gasteiger partial charge in [0.1, 0.15) is 11.6 Å². The average Bonchev–Trinajstić information content (AvgIpc) is 3.12. The molecule has 0 amide bonds. The summed E-state index contributed by atoms with van der Waals surface area (Å²) in [5.41, 5.74) is 0.669. The molecular formula is C23H34FN5O. The highest BCUT2D eigenvalue weighted by molar-refractivity contribution is 5.34. The van der Waals surface area contributed by atoms with Crippen molar-refractivity contribution >= 4 is 5.95 Å². The summed E-state index contributed by atoms with van der Waals surface area (Å²) in [5, 5.41) is 9.01. The van der Waals surface area contributed by atoms with Gasteiger partial charge in [-0.3, -0.25) is 9.47 Å². The molecule has 0 atom stereocenters. The molecule has 2 aliphatic rings. The fourth-order valence-electron chi connectivity index (χ4n) is 4.48. The summed E-state index contributed by atoms with van der Waals surface area (Å²) < 4.78 is 21.9. The van der Waals surface area contributed by atoms with Crippen molar-refractivity contribution in [3.05, 3.63) is 41.5 Å². The summed E-state index contributed by atoms with van der Waals surface area (Å²) in [5.74, 6) is 2.82. The molecule has 0 N–H and O–H groups in total. The Morgan fingerprint density at radius 1 is 1.07 bits per heavy atom. The number of nitrogens with zero attached hydrogens (tertiary/aromatic N) is 5. The van der Waals surface area contributed by atoms with Crippen LogP contribution in [0.3, 0.4) is 0 Å². The molecule has 164 valence electrons. The van der Waals surface area contributed by atoms with Crippen LogP contribution in [0.1, 0.15) is 38.1 Å². The number of anilines is 1. The van der Waals surface area contributed by atoms with Gasteiger partial charge in [-0.15, -0.1) is 10.2 Å². The molecule has 6 nitrogen and oxygen atoms in total. The minimum Gasteiger partial charge on any atom is -0.381 e. The van der Waals surface area contributed by atoms with Crippen molar-refractivity contribution in [2.75, 3.05) is 50.8 Å². The quantitative estimate of drug-likeness (QED) is 0.695. The topological polar surface area (TPSA) is 46.4 Å². The number of hydrogen-bond donors (Lipinski definition) is 0. The van der Waals surface area contributed by atoms with Gasteiger partial charge in [0.2, 0.25) is 5.95 Å². The van der Waals surface area contributed by atoms with Crippen molar-refractivity contribution in [1.82, 2.24) is 19.7 Å². The molecule has 2 saturated heterocycles. The van der Waals surface area contributed by atoms with Crippen LogP contribution in [0.15, 0.2) is 24.3 Å². The molecule has 2 aliphatic heterocycles. The third-order valence-electron chi connectivity index (χ3n) is 6.17. The van der Waals surface area contributed by atoms with Gasteiger partial charge < -0.3 is 9.64 Å². The second-order valence-electron chi connectivity index (χ2n) is 9.03. The van der Waals surface area contributed by atoms with Crippen LogP contribution in [-0.2, 0) is 17.7 Å². The van der Waals surface area contributed by atoms with Crippen molar-refractivity contribution in [3.63, 3.8) is 0 Å². The van der Waals surface area contributed by atoms with Crippen LogP contribution in [0.2, 0.25) is 0 Å². The Bertz CT molecular complexity index is 810. The van der Waals surface area contributed by atoms with Gasteiger partial charge in [0.05, 0.1) is 0 Å². The van der Waals surface area contributed by atoms with E-state index in [2.05, 4.69) is 38.4 Å². The second-order valence-corrected chi connectivity index (χ2v) is 9.03. The number of piperazine rings is 1. The molecule has 2 fully saturated rings. The van der Waals surface area contributed by atoms with Crippen LogP contribution < -0.4 is 4.90 Å². The minimum atomic E-state index is -0.181. The summed E-state index contributed by atoms with van der Waals surface area (Å²) in [6, 6.07) is 6.94. The van der Waals surface area contributed by atoms with Crippen molar-refractivity contribution in [1.29, 1.82) is 0 Å². The van der Waals surface area contributed by atoms with Gasteiger partial charge in [-0.2, -0.15) is 0 Å². The predicted octanol–water partition coefficient (Wildman–Crippen LogP) is 3.21. The maximum absolute atomic E-state index is 14.2. The van der Waals surface area contributed by atoms with Gasteiger partial charge in [-0.1, -0.05) is 32.0 Å². The monoisotopic (exact) mass is 415 g/mol. The number of hydrogen-bond acceptors (Lipinski definition) is 5. The first-order valence-electron chi connectivity index (χ1n) is 11.3. The molecule has 0 bridgehead atoms. The Morgan fingerprint density at radius 3 is 2.50 bits per heavy atom. The van der Waals surface area contributed by atoms with Crippen molar-refractivity contribution in [2.24, 2.45) is 11.8 Å².